The molecule has 7 heteroatoms. The Kier molecular flexibility index (Phi) is 12.6. The minimum absolute atomic E-state index is 0.0139. The lowest BCUT2D eigenvalue weighted by Crippen LogP contribution is -2.61. The van der Waals surface area contributed by atoms with Crippen molar-refractivity contribution in [3.63, 3.8) is 0 Å². The average molecular weight is 1510 g/mol. The van der Waals surface area contributed by atoms with E-state index in [-0.39, 0.29) is 56.8 Å². The van der Waals surface area contributed by atoms with Gasteiger partial charge in [0.05, 0.1) is 66.3 Å². The maximum absolute atomic E-state index is 10.2. The van der Waals surface area contributed by atoms with E-state index in [0.29, 0.717) is 38.9 Å². The number of para-hydroxylation sites is 5. The molecule has 2 aliphatic rings. The van der Waals surface area contributed by atoms with Crippen molar-refractivity contribution in [2.24, 2.45) is 0 Å². The maximum atomic E-state index is 10.2. The summed E-state index contributed by atoms with van der Waals surface area (Å²) in [4.78, 5) is 4.75. The first-order valence-electron chi connectivity index (χ1n) is 46.0. The van der Waals surface area contributed by atoms with Crippen LogP contribution in [0.1, 0.15) is 69.1 Å². The number of nitrogens with zero attached hydrogens (tertiary/aromatic N) is 6. The van der Waals surface area contributed by atoms with Crippen molar-refractivity contribution in [2.45, 2.75) is 52.4 Å². The third kappa shape index (κ3) is 10.8. The Balaban J connectivity index is 0.897. The van der Waals surface area contributed by atoms with Gasteiger partial charge in [0.2, 0.25) is 0 Å². The minimum atomic E-state index is -0.680. The number of aromatic nitrogens is 4. The smallest absolute Gasteiger partial charge is 0.252 e. The quantitative estimate of drug-likeness (QED) is 0.128. The SMILES string of the molecule is [2H]c1c([2H])c([2H])c2c(c1[2H])c1cc(-n3c4ccccc4c4ccccc43)ccc1n2-c1ccc2c(c1)N(c1cc(-c3ccccc3)cc(-c3ccccc3)c1)c1cc(-n3c4ccc(C(C)(C)C)cc4c4cc(C(C)(C)C)ccc43)cc3c1B2c1ccc(-n2c4c([2H])c([2H])c([2H])c([2H])c4c4c([2H])c([2H])c([2H])c([2H])c42)cc1N3c1cc(-c2ccccc2)cc(-c2ccccc2)c1. The first-order valence-corrected chi connectivity index (χ1v) is 40.0. The standard InChI is InChI=1S/C110H81BN6/c1-109(2,3)78-47-54-101-91(63-78)92-64-79(110(4,5)6)48-55-102(92)115(101)85-68-106-108-107(69-85)117(84-61-76(72-33-15-9-16-34-72)58-77(62-84)73-35-17-10-18-36-73)105-67-82(114-100-46-28-23-41-90(100)93-65-80(51-56-103(93)114)112-96-42-24-19-37-86(96)87-38-20-25-43-97(87)112)50-53-95(105)111(108)94-52-49-81(113-98-44-26-21-39-88(98)89-40-22-27-45-99(89)113)66-104(94)116(106)83-59-74(70-29-11-7-12-30-70)57-75(60-83)71-31-13-8-14-32-71/h7-69H,1-6H3/i21D,22D,23D,26D,27D,28D,39D,40D,41D,44D,45D,46D. The van der Waals surface area contributed by atoms with Crippen LogP contribution in [-0.4, -0.2) is 25.0 Å². The van der Waals surface area contributed by atoms with Crippen LogP contribution in [0.2, 0.25) is 0 Å². The Morgan fingerprint density at radius 1 is 0.222 bits per heavy atom. The highest BCUT2D eigenvalue weighted by molar-refractivity contribution is 7.00. The summed E-state index contributed by atoms with van der Waals surface area (Å²) in [6.45, 7) is 12.8. The molecule has 0 fully saturated rings. The van der Waals surface area contributed by atoms with Crippen molar-refractivity contribution in [1.82, 2.24) is 18.3 Å². The molecule has 117 heavy (non-hydrogen) atoms. The Morgan fingerprint density at radius 2 is 0.530 bits per heavy atom. The van der Waals surface area contributed by atoms with E-state index in [1.54, 1.807) is 4.57 Å². The Hall–Kier alpha value is -14.4. The second-order valence-corrected chi connectivity index (χ2v) is 33.2. The average Bonchev–Trinajstić information content (AvgIpc) is 1.60. The number of rotatable bonds is 10. The summed E-state index contributed by atoms with van der Waals surface area (Å²) in [5.74, 6) is 0. The maximum Gasteiger partial charge on any atom is 0.252 e. The van der Waals surface area contributed by atoms with E-state index >= 15 is 0 Å². The third-order valence-corrected chi connectivity index (χ3v) is 24.3. The molecule has 2 aliphatic heterocycles. The molecule has 21 aromatic rings. The summed E-state index contributed by atoms with van der Waals surface area (Å²) in [6, 6.07) is 104. The molecule has 0 amide bonds. The van der Waals surface area contributed by atoms with Crippen LogP contribution in [0.5, 0.6) is 0 Å². The van der Waals surface area contributed by atoms with Crippen molar-refractivity contribution in [3.05, 3.63) is 393 Å². The molecule has 6 heterocycles. The molecule has 554 valence electrons. The van der Waals surface area contributed by atoms with Crippen molar-refractivity contribution in [1.29, 1.82) is 0 Å². The van der Waals surface area contributed by atoms with Crippen molar-refractivity contribution < 1.29 is 16.4 Å². The van der Waals surface area contributed by atoms with Gasteiger partial charge < -0.3 is 28.1 Å². The monoisotopic (exact) mass is 1510 g/mol. The molecule has 0 saturated heterocycles. The fourth-order valence-corrected chi connectivity index (χ4v) is 18.8. The third-order valence-electron chi connectivity index (χ3n) is 24.3. The molecular formula is C110H81BN6. The van der Waals surface area contributed by atoms with Crippen LogP contribution >= 0.6 is 0 Å². The summed E-state index contributed by atoms with van der Waals surface area (Å²) in [7, 11) is 0. The summed E-state index contributed by atoms with van der Waals surface area (Å²) >= 11 is 0. The fraction of sp³-hybridized carbons (Fsp3) is 0.0727. The van der Waals surface area contributed by atoms with Crippen LogP contribution in [0.15, 0.2) is 382 Å². The lowest BCUT2D eigenvalue weighted by molar-refractivity contribution is 0.590. The van der Waals surface area contributed by atoms with Gasteiger partial charge in [0.15, 0.2) is 0 Å². The van der Waals surface area contributed by atoms with Crippen LogP contribution in [0.25, 0.3) is 154 Å². The second kappa shape index (κ2) is 26.1. The largest absolute Gasteiger partial charge is 0.311 e. The molecule has 4 aromatic heterocycles. The zero-order chi connectivity index (χ0) is 88.5. The number of anilines is 6. The van der Waals surface area contributed by atoms with Gasteiger partial charge in [-0.15, -0.1) is 0 Å². The zero-order valence-corrected chi connectivity index (χ0v) is 65.2. The fourth-order valence-electron chi connectivity index (χ4n) is 18.8. The summed E-state index contributed by atoms with van der Waals surface area (Å²) in [6.07, 6.45) is 0. The molecule has 0 N–H and O–H groups in total. The van der Waals surface area contributed by atoms with E-state index in [4.69, 9.17) is 2.74 Å². The number of hydrogen-bond donors (Lipinski definition) is 0. The molecule has 0 aliphatic carbocycles. The van der Waals surface area contributed by atoms with E-state index in [1.807, 2.05) is 89.5 Å². The number of hydrogen-bond acceptors (Lipinski definition) is 2. The van der Waals surface area contributed by atoms with E-state index in [2.05, 4.69) is 285 Å². The van der Waals surface area contributed by atoms with E-state index in [1.165, 1.54) is 11.1 Å². The topological polar surface area (TPSA) is 26.2 Å². The zero-order valence-electron chi connectivity index (χ0n) is 77.2. The summed E-state index contributed by atoms with van der Waals surface area (Å²) in [5, 5.41) is 5.21. The Bertz CT molecular complexity index is 8120. The van der Waals surface area contributed by atoms with Crippen molar-refractivity contribution in [3.8, 4) is 67.3 Å². The summed E-state index contributed by atoms with van der Waals surface area (Å²) in [5.41, 5.74) is 24.1. The lowest BCUT2D eigenvalue weighted by atomic mass is 9.33. The first-order chi connectivity index (χ1) is 62.3. The van der Waals surface area contributed by atoms with Crippen LogP contribution in [0.3, 0.4) is 0 Å². The van der Waals surface area contributed by atoms with Crippen LogP contribution in [0.4, 0.5) is 34.1 Å². The number of fused-ring (bicyclic) bond motifs is 16. The van der Waals surface area contributed by atoms with Crippen molar-refractivity contribution in [2.75, 3.05) is 9.80 Å². The highest BCUT2D eigenvalue weighted by Crippen LogP contribution is 2.52. The van der Waals surface area contributed by atoms with Gasteiger partial charge in [-0.05, 0) is 228 Å². The molecule has 0 bridgehead atoms. The lowest BCUT2D eigenvalue weighted by Gasteiger charge is -2.45. The normalized spacial score (nSPS) is 14.3. The predicted octanol–water partition coefficient (Wildman–Crippen LogP) is 27.4. The van der Waals surface area contributed by atoms with Gasteiger partial charge in [-0.1, -0.05) is 278 Å². The first kappa shape index (κ1) is 56.8. The van der Waals surface area contributed by atoms with Crippen molar-refractivity contribution >= 4 is 144 Å². The molecule has 23 rings (SSSR count). The van der Waals surface area contributed by atoms with Crippen LogP contribution in [0, 0.1) is 0 Å². The minimum Gasteiger partial charge on any atom is -0.311 e. The van der Waals surface area contributed by atoms with Gasteiger partial charge in [0.25, 0.3) is 6.71 Å². The molecule has 6 nitrogen and oxygen atoms in total. The van der Waals surface area contributed by atoms with Gasteiger partial charge in [0.1, 0.15) is 0 Å². The predicted molar refractivity (Wildman–Crippen MR) is 497 cm³/mol. The summed E-state index contributed by atoms with van der Waals surface area (Å²) < 4.78 is 124. The van der Waals surface area contributed by atoms with Crippen LogP contribution in [-0.2, 0) is 10.8 Å². The molecular weight excluding hydrogens is 1420 g/mol. The van der Waals surface area contributed by atoms with Gasteiger partial charge in [-0.25, -0.2) is 0 Å². The number of benzene rings is 17. The molecule has 0 spiro atoms. The molecule has 0 unspecified atom stereocenters. The molecule has 17 aromatic carbocycles. The highest BCUT2D eigenvalue weighted by Gasteiger charge is 2.45. The van der Waals surface area contributed by atoms with Gasteiger partial charge in [0, 0.05) is 94.3 Å². The van der Waals surface area contributed by atoms with E-state index in [9.17, 15) is 13.7 Å². The highest BCUT2D eigenvalue weighted by atomic mass is 15.2. The second-order valence-electron chi connectivity index (χ2n) is 33.2. The molecule has 0 atom stereocenters. The molecule has 0 radical (unpaired) electrons. The van der Waals surface area contributed by atoms with Gasteiger partial charge >= 0.3 is 0 Å². The Morgan fingerprint density at radius 3 is 0.940 bits per heavy atom. The van der Waals surface area contributed by atoms with Gasteiger partial charge in [-0.3, -0.25) is 0 Å². The molecule has 0 saturated carbocycles. The van der Waals surface area contributed by atoms with E-state index < -0.39 is 55.1 Å². The Labute approximate surface area is 697 Å². The van der Waals surface area contributed by atoms with Crippen LogP contribution < -0.4 is 26.2 Å². The van der Waals surface area contributed by atoms with E-state index in [0.717, 1.165) is 144 Å². The van der Waals surface area contributed by atoms with Gasteiger partial charge in [-0.2, -0.15) is 0 Å².